The van der Waals surface area contributed by atoms with E-state index in [0.717, 1.165) is 25.9 Å². The maximum atomic E-state index is 11.8. The molecule has 0 saturated carbocycles. The third kappa shape index (κ3) is 2.82. The summed E-state index contributed by atoms with van der Waals surface area (Å²) in [6, 6.07) is 0. The van der Waals surface area contributed by atoms with Gasteiger partial charge in [0.1, 0.15) is 17.8 Å². The van der Waals surface area contributed by atoms with Crippen molar-refractivity contribution in [3.8, 4) is 0 Å². The van der Waals surface area contributed by atoms with Crippen molar-refractivity contribution in [1.29, 1.82) is 0 Å². The zero-order chi connectivity index (χ0) is 12.5. The summed E-state index contributed by atoms with van der Waals surface area (Å²) in [5.74, 6) is 0.0645. The van der Waals surface area contributed by atoms with Crippen molar-refractivity contribution >= 4 is 5.91 Å². The fourth-order valence-corrected chi connectivity index (χ4v) is 1.86. The molecule has 94 valence electrons. The molecule has 1 aliphatic rings. The predicted molar refractivity (Wildman–Crippen MR) is 61.1 cm³/mol. The summed E-state index contributed by atoms with van der Waals surface area (Å²) >= 11 is 0. The molecule has 0 aliphatic carbocycles. The minimum atomic E-state index is -1.02. The lowest BCUT2D eigenvalue weighted by Crippen LogP contribution is -2.31. The molecule has 1 N–H and O–H groups in total. The lowest BCUT2D eigenvalue weighted by atomic mass is 10.1. The zero-order valence-electron chi connectivity index (χ0n) is 10.3. The Morgan fingerprint density at radius 2 is 2.12 bits per heavy atom. The quantitative estimate of drug-likeness (QED) is 0.812. The van der Waals surface area contributed by atoms with Crippen LogP contribution >= 0.6 is 0 Å². The van der Waals surface area contributed by atoms with E-state index in [2.05, 4.69) is 10.3 Å². The van der Waals surface area contributed by atoms with Gasteiger partial charge < -0.3 is 10.0 Å². The number of rotatable bonds is 3. The Kier molecular flexibility index (Phi) is 3.15. The summed E-state index contributed by atoms with van der Waals surface area (Å²) in [4.78, 5) is 13.7. The van der Waals surface area contributed by atoms with Crippen molar-refractivity contribution in [3.05, 3.63) is 11.9 Å². The van der Waals surface area contributed by atoms with Crippen molar-refractivity contribution in [2.24, 2.45) is 0 Å². The third-order valence-corrected chi connectivity index (χ3v) is 2.92. The third-order valence-electron chi connectivity index (χ3n) is 2.92. The van der Waals surface area contributed by atoms with Crippen LogP contribution in [0.25, 0.3) is 0 Å². The second-order valence-corrected chi connectivity index (χ2v) is 4.95. The Hall–Kier alpha value is -1.43. The minimum absolute atomic E-state index is 0.0645. The number of aliphatic hydroxyl groups is 1. The molecule has 0 atom stereocenters. The SMILES string of the molecule is CC(C)(O)c1cn(CC(=O)N2CCCC2)nn1. The molecule has 2 rings (SSSR count). The van der Waals surface area contributed by atoms with Gasteiger partial charge in [-0.1, -0.05) is 5.21 Å². The monoisotopic (exact) mass is 238 g/mol. The van der Waals surface area contributed by atoms with Crippen LogP contribution in [-0.2, 0) is 16.9 Å². The van der Waals surface area contributed by atoms with Crippen molar-refractivity contribution in [2.45, 2.75) is 38.8 Å². The van der Waals surface area contributed by atoms with Gasteiger partial charge in [0.2, 0.25) is 5.91 Å². The Bertz CT molecular complexity index is 402. The summed E-state index contributed by atoms with van der Waals surface area (Å²) in [5, 5.41) is 17.4. The molecule has 6 heteroatoms. The molecule has 0 aromatic carbocycles. The number of nitrogens with zero attached hydrogens (tertiary/aromatic N) is 4. The molecule has 1 saturated heterocycles. The number of amides is 1. The van der Waals surface area contributed by atoms with E-state index in [1.54, 1.807) is 20.0 Å². The van der Waals surface area contributed by atoms with Crippen LogP contribution in [0.15, 0.2) is 6.20 Å². The van der Waals surface area contributed by atoms with Gasteiger partial charge in [-0.2, -0.15) is 0 Å². The highest BCUT2D eigenvalue weighted by molar-refractivity contribution is 5.76. The maximum Gasteiger partial charge on any atom is 0.244 e. The summed E-state index contributed by atoms with van der Waals surface area (Å²) < 4.78 is 1.48. The second kappa shape index (κ2) is 4.44. The highest BCUT2D eigenvalue weighted by Crippen LogP contribution is 2.15. The van der Waals surface area contributed by atoms with Gasteiger partial charge in [0, 0.05) is 13.1 Å². The van der Waals surface area contributed by atoms with Crippen molar-refractivity contribution in [1.82, 2.24) is 19.9 Å². The van der Waals surface area contributed by atoms with Crippen LogP contribution in [0.1, 0.15) is 32.4 Å². The molecule has 0 radical (unpaired) electrons. The van der Waals surface area contributed by atoms with E-state index >= 15 is 0 Å². The molecule has 6 nitrogen and oxygen atoms in total. The second-order valence-electron chi connectivity index (χ2n) is 4.95. The van der Waals surface area contributed by atoms with Crippen LogP contribution in [0, 0.1) is 0 Å². The largest absolute Gasteiger partial charge is 0.384 e. The van der Waals surface area contributed by atoms with Gasteiger partial charge in [0.25, 0.3) is 0 Å². The molecule has 1 aliphatic heterocycles. The Morgan fingerprint density at radius 3 is 2.65 bits per heavy atom. The highest BCUT2D eigenvalue weighted by atomic mass is 16.3. The summed E-state index contributed by atoms with van der Waals surface area (Å²) in [7, 11) is 0. The Morgan fingerprint density at radius 1 is 1.47 bits per heavy atom. The van der Waals surface area contributed by atoms with E-state index in [-0.39, 0.29) is 12.5 Å². The van der Waals surface area contributed by atoms with Gasteiger partial charge in [-0.25, -0.2) is 4.68 Å². The van der Waals surface area contributed by atoms with Crippen LogP contribution in [0.5, 0.6) is 0 Å². The van der Waals surface area contributed by atoms with E-state index in [1.807, 2.05) is 4.90 Å². The zero-order valence-corrected chi connectivity index (χ0v) is 10.3. The first-order valence-electron chi connectivity index (χ1n) is 5.87. The van der Waals surface area contributed by atoms with E-state index in [0.29, 0.717) is 5.69 Å². The van der Waals surface area contributed by atoms with E-state index in [4.69, 9.17) is 0 Å². The minimum Gasteiger partial charge on any atom is -0.384 e. The molecule has 1 fully saturated rings. The Labute approximate surface area is 100 Å². The van der Waals surface area contributed by atoms with Crippen LogP contribution in [0.3, 0.4) is 0 Å². The molecule has 0 spiro atoms. The summed E-state index contributed by atoms with van der Waals surface area (Å²) in [6.45, 7) is 5.16. The number of carbonyl (C=O) groups excluding carboxylic acids is 1. The summed E-state index contributed by atoms with van der Waals surface area (Å²) in [5.41, 5.74) is -0.540. The first-order chi connectivity index (χ1) is 7.97. The maximum absolute atomic E-state index is 11.8. The Balaban J connectivity index is 1.99. The van der Waals surface area contributed by atoms with Crippen LogP contribution in [0.4, 0.5) is 0 Å². The molecule has 1 aromatic heterocycles. The van der Waals surface area contributed by atoms with E-state index in [1.165, 1.54) is 4.68 Å². The molecule has 1 amide bonds. The first-order valence-corrected chi connectivity index (χ1v) is 5.87. The molecular formula is C11H18N4O2. The van der Waals surface area contributed by atoms with Crippen LogP contribution < -0.4 is 0 Å². The van der Waals surface area contributed by atoms with Crippen molar-refractivity contribution < 1.29 is 9.90 Å². The van der Waals surface area contributed by atoms with Crippen molar-refractivity contribution in [3.63, 3.8) is 0 Å². The fraction of sp³-hybridized carbons (Fsp3) is 0.727. The van der Waals surface area contributed by atoms with Gasteiger partial charge in [0.15, 0.2) is 0 Å². The average Bonchev–Trinajstić information content (AvgIpc) is 2.85. The highest BCUT2D eigenvalue weighted by Gasteiger charge is 2.22. The normalized spacial score (nSPS) is 16.5. The first kappa shape index (κ1) is 12.0. The van der Waals surface area contributed by atoms with Gasteiger partial charge in [0.05, 0.1) is 6.20 Å². The van der Waals surface area contributed by atoms with Crippen LogP contribution in [0.2, 0.25) is 0 Å². The number of likely N-dealkylation sites (tertiary alicyclic amines) is 1. The number of hydrogen-bond acceptors (Lipinski definition) is 4. The van der Waals surface area contributed by atoms with Crippen molar-refractivity contribution in [2.75, 3.05) is 13.1 Å². The average molecular weight is 238 g/mol. The molecule has 0 unspecified atom stereocenters. The van der Waals surface area contributed by atoms with Gasteiger partial charge in [-0.3, -0.25) is 4.79 Å². The summed E-state index contributed by atoms with van der Waals surface area (Å²) in [6.07, 6.45) is 3.78. The van der Waals surface area contributed by atoms with Gasteiger partial charge >= 0.3 is 0 Å². The number of hydrogen-bond donors (Lipinski definition) is 1. The van der Waals surface area contributed by atoms with Gasteiger partial charge in [-0.05, 0) is 26.7 Å². The molecule has 0 bridgehead atoms. The topological polar surface area (TPSA) is 71.2 Å². The van der Waals surface area contributed by atoms with E-state index in [9.17, 15) is 9.90 Å². The molecule has 1 aromatic rings. The number of aromatic nitrogens is 3. The fourth-order valence-electron chi connectivity index (χ4n) is 1.86. The molecule has 17 heavy (non-hydrogen) atoms. The number of carbonyl (C=O) groups is 1. The smallest absolute Gasteiger partial charge is 0.244 e. The van der Waals surface area contributed by atoms with Crippen LogP contribution in [-0.4, -0.2) is 44.0 Å². The standard InChI is InChI=1S/C11H18N4O2/c1-11(2,17)9-7-15(13-12-9)8-10(16)14-5-3-4-6-14/h7,17H,3-6,8H2,1-2H3. The lowest BCUT2D eigenvalue weighted by Gasteiger charge is -2.14. The van der Waals surface area contributed by atoms with Gasteiger partial charge in [-0.15, -0.1) is 5.10 Å². The predicted octanol–water partition coefficient (Wildman–Crippen LogP) is 0.128. The molecular weight excluding hydrogens is 220 g/mol. The molecule has 2 heterocycles. The van der Waals surface area contributed by atoms with E-state index < -0.39 is 5.60 Å². The lowest BCUT2D eigenvalue weighted by molar-refractivity contribution is -0.130.